The summed E-state index contributed by atoms with van der Waals surface area (Å²) < 4.78 is 1.34. The van der Waals surface area contributed by atoms with Gasteiger partial charge in [0.15, 0.2) is 0 Å². The summed E-state index contributed by atoms with van der Waals surface area (Å²) in [6.07, 6.45) is 17.0. The van der Waals surface area contributed by atoms with Crippen LogP contribution >= 0.6 is 0 Å². The van der Waals surface area contributed by atoms with E-state index < -0.39 is 5.09 Å². The highest BCUT2D eigenvalue weighted by atomic mass is 16.9. The summed E-state index contributed by atoms with van der Waals surface area (Å²) in [5, 5.41) is 14.8. The molecule has 0 fully saturated rings. The first-order valence-electron chi connectivity index (χ1n) is 10.1. The van der Waals surface area contributed by atoms with Crippen LogP contribution in [-0.4, -0.2) is 36.3 Å². The third-order valence-corrected chi connectivity index (χ3v) is 4.65. The van der Waals surface area contributed by atoms with Gasteiger partial charge in [0.25, 0.3) is 0 Å². The van der Waals surface area contributed by atoms with E-state index in [4.69, 9.17) is 15.3 Å². The molecule has 5 nitrogen and oxygen atoms in total. The minimum atomic E-state index is -1.75. The Kier molecular flexibility index (Phi) is 19.6. The quantitative estimate of drug-likeness (QED) is 0.160. The zero-order valence-electron chi connectivity index (χ0n) is 16.7. The van der Waals surface area contributed by atoms with Crippen LogP contribution in [0.5, 0.6) is 0 Å². The van der Waals surface area contributed by atoms with Crippen LogP contribution in [0.3, 0.4) is 0 Å². The first-order valence-corrected chi connectivity index (χ1v) is 10.1. The molecule has 0 radical (unpaired) electrons. The molecule has 0 heterocycles. The van der Waals surface area contributed by atoms with Crippen molar-refractivity contribution < 1.29 is 9.57 Å². The predicted molar refractivity (Wildman–Crippen MR) is 104 cm³/mol. The molecule has 0 amide bonds. The second kappa shape index (κ2) is 18.5. The van der Waals surface area contributed by atoms with Crippen LogP contribution in [0.15, 0.2) is 0 Å². The summed E-state index contributed by atoms with van der Waals surface area (Å²) >= 11 is 0. The fourth-order valence-electron chi connectivity index (χ4n) is 3.10. The predicted octanol–water partition coefficient (Wildman–Crippen LogP) is 5.93. The normalized spacial score (nSPS) is 11.0. The second-order valence-electron chi connectivity index (χ2n) is 7.20. The first-order chi connectivity index (χ1) is 11.4. The van der Waals surface area contributed by atoms with Gasteiger partial charge in [-0.2, -0.15) is 0 Å². The van der Waals surface area contributed by atoms with E-state index in [0.29, 0.717) is 0 Å². The molecule has 0 unspecified atom stereocenters. The fraction of sp³-hybridized carbons (Fsp3) is 1.00. The van der Waals surface area contributed by atoms with Crippen LogP contribution < -0.4 is 0 Å². The van der Waals surface area contributed by atoms with Crippen molar-refractivity contribution in [3.63, 3.8) is 0 Å². The smallest absolute Gasteiger partial charge is 0.0784 e. The summed E-state index contributed by atoms with van der Waals surface area (Å²) in [5.74, 6) is 0. The molecule has 0 spiro atoms. The highest BCUT2D eigenvalue weighted by Gasteiger charge is 2.19. The maximum absolute atomic E-state index is 8.25. The van der Waals surface area contributed by atoms with Crippen molar-refractivity contribution in [1.82, 2.24) is 0 Å². The molecule has 0 aliphatic carbocycles. The molecule has 0 aromatic carbocycles. The standard InChI is InChI=1S/C19H42N.NO3/c1-5-8-11-14-17-20(4,18-15-12-9-6-2)19-16-13-10-7-3;2-1(3)4/h5-19H2,1-4H3;/q+1;-1. The molecule has 0 bridgehead atoms. The van der Waals surface area contributed by atoms with Gasteiger partial charge in [-0.1, -0.05) is 59.3 Å². The van der Waals surface area contributed by atoms with Gasteiger partial charge in [-0.15, -0.1) is 0 Å². The molecule has 146 valence electrons. The molecular weight excluding hydrogens is 304 g/mol. The highest BCUT2D eigenvalue weighted by molar-refractivity contribution is 4.48. The lowest BCUT2D eigenvalue weighted by atomic mass is 10.1. The van der Waals surface area contributed by atoms with Crippen LogP contribution in [0, 0.1) is 15.3 Å². The Morgan fingerprint density at radius 2 is 0.875 bits per heavy atom. The van der Waals surface area contributed by atoms with Crippen LogP contribution in [-0.2, 0) is 0 Å². The van der Waals surface area contributed by atoms with Gasteiger partial charge in [0, 0.05) is 0 Å². The van der Waals surface area contributed by atoms with Crippen molar-refractivity contribution in [1.29, 1.82) is 0 Å². The second-order valence-corrected chi connectivity index (χ2v) is 7.20. The van der Waals surface area contributed by atoms with E-state index in [1.165, 1.54) is 101 Å². The molecule has 0 atom stereocenters. The summed E-state index contributed by atoms with van der Waals surface area (Å²) in [5.41, 5.74) is 0. The molecular formula is C19H42N2O3. The van der Waals surface area contributed by atoms with Gasteiger partial charge >= 0.3 is 0 Å². The summed E-state index contributed by atoms with van der Waals surface area (Å²) in [7, 11) is 2.52. The van der Waals surface area contributed by atoms with Gasteiger partial charge in [0.05, 0.1) is 31.8 Å². The average Bonchev–Trinajstić information content (AvgIpc) is 2.52. The topological polar surface area (TPSA) is 66.2 Å². The van der Waals surface area contributed by atoms with Gasteiger partial charge in [-0.25, -0.2) is 0 Å². The molecule has 0 N–H and O–H groups in total. The molecule has 0 saturated heterocycles. The number of unbranched alkanes of at least 4 members (excludes halogenated alkanes) is 9. The molecule has 0 aromatic heterocycles. The number of quaternary nitrogens is 1. The van der Waals surface area contributed by atoms with Crippen LogP contribution in [0.25, 0.3) is 0 Å². The SMILES string of the molecule is CCCCCC[N+](C)(CCCCCC)CCCCCC.O=[N+]([O-])[O-]. The Morgan fingerprint density at radius 3 is 1.08 bits per heavy atom. The Morgan fingerprint density at radius 1 is 0.625 bits per heavy atom. The maximum Gasteiger partial charge on any atom is 0.0784 e. The van der Waals surface area contributed by atoms with E-state index in [1.807, 2.05) is 0 Å². The summed E-state index contributed by atoms with van der Waals surface area (Å²) in [6, 6.07) is 0. The molecule has 0 rings (SSSR count). The van der Waals surface area contributed by atoms with Crippen molar-refractivity contribution in [3.8, 4) is 0 Å². The van der Waals surface area contributed by atoms with E-state index in [0.717, 1.165) is 0 Å². The number of hydrogen-bond acceptors (Lipinski definition) is 3. The lowest BCUT2D eigenvalue weighted by Gasteiger charge is -2.35. The largest absolute Gasteiger partial charge is 0.356 e. The van der Waals surface area contributed by atoms with Gasteiger partial charge in [-0.05, 0) is 38.5 Å². The van der Waals surface area contributed by atoms with E-state index in [9.17, 15) is 0 Å². The third-order valence-electron chi connectivity index (χ3n) is 4.65. The van der Waals surface area contributed by atoms with E-state index in [1.54, 1.807) is 0 Å². The van der Waals surface area contributed by atoms with Crippen molar-refractivity contribution in [2.24, 2.45) is 0 Å². The number of hydrogen-bond donors (Lipinski definition) is 0. The molecule has 0 saturated carbocycles. The van der Waals surface area contributed by atoms with Gasteiger partial charge in [-0.3, -0.25) is 0 Å². The third kappa shape index (κ3) is 21.2. The zero-order valence-corrected chi connectivity index (χ0v) is 16.7. The molecule has 0 aliphatic rings. The first kappa shape index (κ1) is 25.4. The maximum atomic E-state index is 8.25. The minimum Gasteiger partial charge on any atom is -0.356 e. The monoisotopic (exact) mass is 346 g/mol. The highest BCUT2D eigenvalue weighted by Crippen LogP contribution is 2.14. The van der Waals surface area contributed by atoms with Gasteiger partial charge < -0.3 is 19.8 Å². The lowest BCUT2D eigenvalue weighted by molar-refractivity contribution is -0.910. The van der Waals surface area contributed by atoms with Gasteiger partial charge in [0.1, 0.15) is 0 Å². The van der Waals surface area contributed by atoms with E-state index in [2.05, 4.69) is 27.8 Å². The van der Waals surface area contributed by atoms with E-state index in [-0.39, 0.29) is 0 Å². The van der Waals surface area contributed by atoms with Crippen LogP contribution in [0.4, 0.5) is 0 Å². The van der Waals surface area contributed by atoms with Crippen LogP contribution in [0.2, 0.25) is 0 Å². The fourth-order valence-corrected chi connectivity index (χ4v) is 3.10. The number of nitrogens with zero attached hydrogens (tertiary/aromatic N) is 2. The Bertz CT molecular complexity index is 238. The zero-order chi connectivity index (χ0) is 18.7. The van der Waals surface area contributed by atoms with E-state index >= 15 is 0 Å². The average molecular weight is 347 g/mol. The summed E-state index contributed by atoms with van der Waals surface area (Å²) in [4.78, 5) is 8.25. The van der Waals surface area contributed by atoms with Gasteiger partial charge in [0.2, 0.25) is 0 Å². The Balaban J connectivity index is 0. The minimum absolute atomic E-state index is 1.34. The molecule has 24 heavy (non-hydrogen) atoms. The lowest BCUT2D eigenvalue weighted by Crippen LogP contribution is -2.46. The number of rotatable bonds is 15. The van der Waals surface area contributed by atoms with Crippen molar-refractivity contribution in [3.05, 3.63) is 15.3 Å². The molecule has 0 aromatic rings. The Labute approximate surface area is 150 Å². The van der Waals surface area contributed by atoms with Crippen molar-refractivity contribution >= 4 is 0 Å². The van der Waals surface area contributed by atoms with Crippen LogP contribution in [0.1, 0.15) is 97.8 Å². The molecule has 0 aliphatic heterocycles. The molecule has 5 heteroatoms. The van der Waals surface area contributed by atoms with Crippen molar-refractivity contribution in [2.45, 2.75) is 97.8 Å². The summed E-state index contributed by atoms with van der Waals surface area (Å²) in [6.45, 7) is 11.2. The Hall–Kier alpha value is -0.840. The van der Waals surface area contributed by atoms with Crippen molar-refractivity contribution in [2.75, 3.05) is 26.7 Å².